The zero-order valence-electron chi connectivity index (χ0n) is 27.4. The Morgan fingerprint density at radius 1 is 0.809 bits per heavy atom. The van der Waals surface area contributed by atoms with Crippen LogP contribution in [0.25, 0.3) is 44.4 Å². The van der Waals surface area contributed by atoms with Crippen LogP contribution in [0.3, 0.4) is 0 Å². The fourth-order valence-electron chi connectivity index (χ4n) is 6.38. The third kappa shape index (κ3) is 6.05. The van der Waals surface area contributed by atoms with Crippen molar-refractivity contribution < 1.29 is 25.8 Å². The normalized spacial score (nSPS) is 11.9. The fraction of sp³-hybridized carbons (Fsp3) is 0.220. The zero-order valence-corrected chi connectivity index (χ0v) is 29.7. The molecule has 6 heteroatoms. The maximum Gasteiger partial charge on any atom is 2.00 e. The van der Waals surface area contributed by atoms with Crippen molar-refractivity contribution in [1.29, 1.82) is 0 Å². The average Bonchev–Trinajstić information content (AvgIpc) is 3.63. The number of pyridine rings is 1. The van der Waals surface area contributed by atoms with E-state index in [1.165, 1.54) is 22.1 Å². The van der Waals surface area contributed by atoms with Crippen molar-refractivity contribution in [3.8, 4) is 34.1 Å². The van der Waals surface area contributed by atoms with Crippen molar-refractivity contribution >= 4 is 21.8 Å². The number of nitrogens with zero attached hydrogens (tertiary/aromatic N) is 4. The summed E-state index contributed by atoms with van der Waals surface area (Å²) in [5, 5.41) is 7.37. The number of ether oxygens (including phenoxy) is 1. The van der Waals surface area contributed by atoms with Crippen LogP contribution in [0, 0.1) is 19.1 Å². The molecular weight excluding hydrogens is 760 g/mol. The summed E-state index contributed by atoms with van der Waals surface area (Å²) in [5.74, 6) is 2.58. The van der Waals surface area contributed by atoms with Gasteiger partial charge in [-0.25, -0.2) is 4.98 Å². The summed E-state index contributed by atoms with van der Waals surface area (Å²) in [4.78, 5) is 4.76. The Bertz CT molecular complexity index is 2180. The molecule has 0 saturated carbocycles. The monoisotopic (exact) mass is 797 g/mol. The molecule has 0 saturated heterocycles. The van der Waals surface area contributed by atoms with E-state index in [0.29, 0.717) is 17.4 Å². The topological polar surface area (TPSA) is 44.9 Å². The molecule has 47 heavy (non-hydrogen) atoms. The number of aromatic nitrogens is 4. The van der Waals surface area contributed by atoms with E-state index < -0.39 is 0 Å². The molecule has 0 radical (unpaired) electrons. The van der Waals surface area contributed by atoms with Gasteiger partial charge in [0.25, 0.3) is 0 Å². The summed E-state index contributed by atoms with van der Waals surface area (Å²) in [7, 11) is 0. The quantitative estimate of drug-likeness (QED) is 0.137. The second kappa shape index (κ2) is 13.7. The molecule has 4 aromatic carbocycles. The molecule has 1 atom stereocenters. The number of rotatable bonds is 9. The second-order valence-corrected chi connectivity index (χ2v) is 12.0. The van der Waals surface area contributed by atoms with Crippen LogP contribution in [-0.4, -0.2) is 19.3 Å². The first-order chi connectivity index (χ1) is 22.5. The molecule has 0 amide bonds. The molecule has 0 aliphatic rings. The van der Waals surface area contributed by atoms with Gasteiger partial charge in [0, 0.05) is 34.5 Å². The van der Waals surface area contributed by atoms with Crippen LogP contribution < -0.4 is 4.74 Å². The maximum absolute atomic E-state index is 6.47. The van der Waals surface area contributed by atoms with Gasteiger partial charge in [-0.05, 0) is 78.1 Å². The Hall–Kier alpha value is -4.47. The molecule has 0 aliphatic carbocycles. The van der Waals surface area contributed by atoms with Gasteiger partial charge in [0.2, 0.25) is 0 Å². The van der Waals surface area contributed by atoms with Gasteiger partial charge in [-0.3, -0.25) is 4.68 Å². The van der Waals surface area contributed by atoms with Gasteiger partial charge in [-0.15, -0.1) is 35.7 Å². The van der Waals surface area contributed by atoms with E-state index in [4.69, 9.17) is 14.8 Å². The second-order valence-electron chi connectivity index (χ2n) is 12.0. The zero-order chi connectivity index (χ0) is 31.8. The Morgan fingerprint density at radius 2 is 1.62 bits per heavy atom. The van der Waals surface area contributed by atoms with Crippen LogP contribution in [0.5, 0.6) is 11.5 Å². The van der Waals surface area contributed by atoms with E-state index in [1.54, 1.807) is 0 Å². The van der Waals surface area contributed by atoms with Gasteiger partial charge in [-0.1, -0.05) is 75.7 Å². The first-order valence-electron chi connectivity index (χ1n) is 16.3. The molecule has 0 fully saturated rings. The number of fused-ring (bicyclic) bond motifs is 3. The Balaban J connectivity index is 0.00000386. The Kier molecular flexibility index (Phi) is 9.47. The maximum atomic E-state index is 6.47. The third-order valence-corrected chi connectivity index (χ3v) is 8.97. The molecule has 0 spiro atoms. The predicted octanol–water partition coefficient (Wildman–Crippen LogP) is 10.4. The molecule has 7 rings (SSSR count). The molecule has 3 heterocycles. The van der Waals surface area contributed by atoms with Crippen molar-refractivity contribution in [2.45, 2.75) is 59.8 Å². The summed E-state index contributed by atoms with van der Waals surface area (Å²) in [6.45, 7) is 10.9. The van der Waals surface area contributed by atoms with Crippen LogP contribution in [-0.2, 0) is 33.9 Å². The summed E-state index contributed by atoms with van der Waals surface area (Å²) < 4.78 is 10.7. The van der Waals surface area contributed by atoms with Gasteiger partial charge >= 0.3 is 21.1 Å². The van der Waals surface area contributed by atoms with Crippen molar-refractivity contribution in [3.63, 3.8) is 0 Å². The smallest absolute Gasteiger partial charge is 0.509 e. The molecule has 238 valence electrons. The molecule has 1 unspecified atom stereocenters. The number of hydrogen-bond donors (Lipinski definition) is 0. The minimum Gasteiger partial charge on any atom is -0.509 e. The molecule has 0 bridgehead atoms. The van der Waals surface area contributed by atoms with Gasteiger partial charge in [0.15, 0.2) is 0 Å². The third-order valence-electron chi connectivity index (χ3n) is 8.97. The molecule has 0 aliphatic heterocycles. The van der Waals surface area contributed by atoms with Crippen molar-refractivity contribution in [2.24, 2.45) is 0 Å². The summed E-state index contributed by atoms with van der Waals surface area (Å²) in [6, 6.07) is 38.7. The van der Waals surface area contributed by atoms with Crippen LogP contribution in [0.1, 0.15) is 62.5 Å². The Labute approximate surface area is 291 Å². The van der Waals surface area contributed by atoms with Crippen molar-refractivity contribution in [1.82, 2.24) is 19.3 Å². The van der Waals surface area contributed by atoms with Gasteiger partial charge in [0.1, 0.15) is 5.82 Å². The van der Waals surface area contributed by atoms with Crippen LogP contribution in [0.2, 0.25) is 0 Å². The van der Waals surface area contributed by atoms with Gasteiger partial charge in [0.05, 0.1) is 5.69 Å². The van der Waals surface area contributed by atoms with Crippen LogP contribution >= 0.6 is 0 Å². The van der Waals surface area contributed by atoms with E-state index >= 15 is 0 Å². The fourth-order valence-corrected chi connectivity index (χ4v) is 6.38. The summed E-state index contributed by atoms with van der Waals surface area (Å²) >= 11 is 0. The minimum absolute atomic E-state index is 0. The van der Waals surface area contributed by atoms with Crippen molar-refractivity contribution in [3.05, 3.63) is 132 Å². The first kappa shape index (κ1) is 32.5. The summed E-state index contributed by atoms with van der Waals surface area (Å²) in [5.41, 5.74) is 10.0. The minimum atomic E-state index is 0. The number of benzene rings is 4. The molecule has 7 aromatic rings. The van der Waals surface area contributed by atoms with E-state index in [1.807, 2.05) is 41.2 Å². The predicted molar refractivity (Wildman–Crippen MR) is 188 cm³/mol. The molecule has 0 N–H and O–H groups in total. The molecule has 3 aromatic heterocycles. The first-order valence-corrected chi connectivity index (χ1v) is 16.3. The average molecular weight is 798 g/mol. The SMILES string of the molecule is CCc1nn(-c2[c-]c(Oc3[c-]c4c(cc3)c3cc(C(C)CC)ccc3n4-c3cc(C)ccn3)ccc2)c(CC)c1-c1ccccc1.[Pt+2]. The van der Waals surface area contributed by atoms with Crippen molar-refractivity contribution in [2.75, 3.05) is 0 Å². The Morgan fingerprint density at radius 3 is 2.36 bits per heavy atom. The standard InChI is InChI=1S/C41H38N4O.Pt/c1-6-28(5)30-17-20-38-35(24-30)34-19-18-33(26-39(34)44(38)40-23-27(4)21-22-42-40)46-32-16-12-15-31(25-32)45-37(8-3)41(36(7-2)43-45)29-13-10-9-11-14-29;/h9-24,28H,6-8H2,1-5H3;/q-2;+2. The number of hydrogen-bond acceptors (Lipinski definition) is 3. The van der Waals surface area contributed by atoms with E-state index in [0.717, 1.165) is 64.1 Å². The van der Waals surface area contributed by atoms with E-state index in [9.17, 15) is 0 Å². The van der Waals surface area contributed by atoms with Gasteiger partial charge < -0.3 is 9.30 Å². The number of aryl methyl sites for hydroxylation is 2. The molecule has 5 nitrogen and oxygen atoms in total. The van der Waals surface area contributed by atoms with E-state index in [2.05, 4.69) is 112 Å². The molecular formula is C41H38N4OPt. The van der Waals surface area contributed by atoms with Crippen LogP contribution in [0.15, 0.2) is 97.2 Å². The summed E-state index contributed by atoms with van der Waals surface area (Å²) in [6.07, 6.45) is 4.65. The van der Waals surface area contributed by atoms with E-state index in [-0.39, 0.29) is 21.1 Å². The largest absolute Gasteiger partial charge is 2.00 e. The van der Waals surface area contributed by atoms with Crippen LogP contribution in [0.4, 0.5) is 0 Å². The van der Waals surface area contributed by atoms with Gasteiger partial charge in [-0.2, -0.15) is 17.2 Å².